The summed E-state index contributed by atoms with van der Waals surface area (Å²) in [6.45, 7) is 4.48. The lowest BCUT2D eigenvalue weighted by Gasteiger charge is -2.11. The van der Waals surface area contributed by atoms with E-state index in [1.165, 1.54) is 0 Å². The summed E-state index contributed by atoms with van der Waals surface area (Å²) in [6.07, 6.45) is 0.0573. The lowest BCUT2D eigenvalue weighted by atomic mass is 10.3. The van der Waals surface area contributed by atoms with E-state index in [-0.39, 0.29) is 23.9 Å². The molecule has 0 aliphatic heterocycles. The van der Waals surface area contributed by atoms with Gasteiger partial charge in [0.1, 0.15) is 5.75 Å². The molecule has 22 heavy (non-hydrogen) atoms. The fourth-order valence-corrected chi connectivity index (χ4v) is 1.86. The molecule has 6 nitrogen and oxygen atoms in total. The van der Waals surface area contributed by atoms with E-state index in [0.29, 0.717) is 24.7 Å². The first kappa shape index (κ1) is 17.9. The van der Waals surface area contributed by atoms with E-state index in [9.17, 15) is 9.59 Å². The highest BCUT2D eigenvalue weighted by Crippen LogP contribution is 2.17. The van der Waals surface area contributed by atoms with E-state index >= 15 is 0 Å². The first-order valence-corrected chi connectivity index (χ1v) is 7.45. The van der Waals surface area contributed by atoms with Crippen LogP contribution in [0, 0.1) is 0 Å². The number of hydrogen-bond donors (Lipinski definition) is 2. The van der Waals surface area contributed by atoms with Gasteiger partial charge in [0.25, 0.3) is 0 Å². The zero-order chi connectivity index (χ0) is 16.4. The van der Waals surface area contributed by atoms with Gasteiger partial charge in [-0.3, -0.25) is 9.59 Å². The molecule has 0 radical (unpaired) electrons. The molecule has 0 fully saturated rings. The Morgan fingerprint density at radius 1 is 1.18 bits per heavy atom. The molecule has 0 aromatic heterocycles. The zero-order valence-corrected chi connectivity index (χ0v) is 13.5. The number of esters is 1. The van der Waals surface area contributed by atoms with Gasteiger partial charge in [-0.15, -0.1) is 0 Å². The topological polar surface area (TPSA) is 76.7 Å². The summed E-state index contributed by atoms with van der Waals surface area (Å²) in [5.41, 5.74) is 0.710. The Labute approximate surface area is 135 Å². The van der Waals surface area contributed by atoms with Gasteiger partial charge in [0.05, 0.1) is 19.6 Å². The molecule has 0 unspecified atom stereocenters. The minimum absolute atomic E-state index is 0.0274. The average Bonchev–Trinajstić information content (AvgIpc) is 2.46. The molecule has 0 aliphatic rings. The van der Waals surface area contributed by atoms with Gasteiger partial charge >= 0.3 is 5.97 Å². The van der Waals surface area contributed by atoms with Gasteiger partial charge in [0.15, 0.2) is 5.11 Å². The number of benzene rings is 1. The third kappa shape index (κ3) is 7.03. The molecule has 1 aromatic rings. The number of amides is 1. The van der Waals surface area contributed by atoms with Gasteiger partial charge in [0, 0.05) is 18.2 Å². The summed E-state index contributed by atoms with van der Waals surface area (Å²) in [7, 11) is 0. The molecule has 2 N–H and O–H groups in total. The molecule has 0 saturated carbocycles. The highest BCUT2D eigenvalue weighted by molar-refractivity contribution is 7.80. The van der Waals surface area contributed by atoms with Gasteiger partial charge in [-0.1, -0.05) is 6.07 Å². The number of carbonyl (C=O) groups is 2. The highest BCUT2D eigenvalue weighted by Gasteiger charge is 2.09. The van der Waals surface area contributed by atoms with E-state index in [0.717, 1.165) is 0 Å². The smallest absolute Gasteiger partial charge is 0.306 e. The van der Waals surface area contributed by atoms with E-state index in [4.69, 9.17) is 21.7 Å². The van der Waals surface area contributed by atoms with E-state index in [1.54, 1.807) is 19.1 Å². The molecule has 1 rings (SSSR count). The van der Waals surface area contributed by atoms with Crippen LogP contribution < -0.4 is 15.4 Å². The van der Waals surface area contributed by atoms with E-state index in [2.05, 4.69) is 10.6 Å². The molecule has 0 saturated heterocycles. The van der Waals surface area contributed by atoms with Crippen molar-refractivity contribution in [2.24, 2.45) is 0 Å². The Bertz CT molecular complexity index is 534. The summed E-state index contributed by atoms with van der Waals surface area (Å²) < 4.78 is 10.1. The number of hydrogen-bond acceptors (Lipinski definition) is 5. The van der Waals surface area contributed by atoms with Gasteiger partial charge in [0.2, 0.25) is 5.91 Å². The molecular formula is C15H20N2O4S. The number of thiocarbonyl (C=S) groups is 1. The second-order valence-electron chi connectivity index (χ2n) is 4.27. The van der Waals surface area contributed by atoms with Crippen LogP contribution in [0.15, 0.2) is 24.3 Å². The fourth-order valence-electron chi connectivity index (χ4n) is 1.63. The summed E-state index contributed by atoms with van der Waals surface area (Å²) in [6, 6.07) is 7.23. The molecule has 0 spiro atoms. The van der Waals surface area contributed by atoms with Gasteiger partial charge in [-0.05, 0) is 38.2 Å². The van der Waals surface area contributed by atoms with Crippen LogP contribution in [0.5, 0.6) is 5.75 Å². The van der Waals surface area contributed by atoms with Crippen LogP contribution in [0.25, 0.3) is 0 Å². The molecule has 0 atom stereocenters. The van der Waals surface area contributed by atoms with Crippen LogP contribution >= 0.6 is 12.2 Å². The summed E-state index contributed by atoms with van der Waals surface area (Å²) in [5.74, 6) is -0.0311. The third-order valence-corrected chi connectivity index (χ3v) is 2.72. The number of rotatable bonds is 7. The minimum Gasteiger partial charge on any atom is -0.494 e. The molecule has 0 heterocycles. The zero-order valence-electron chi connectivity index (χ0n) is 12.7. The first-order chi connectivity index (χ1) is 10.5. The molecular weight excluding hydrogens is 304 g/mol. The van der Waals surface area contributed by atoms with Crippen molar-refractivity contribution in [3.63, 3.8) is 0 Å². The maximum absolute atomic E-state index is 11.7. The molecule has 0 aliphatic carbocycles. The van der Waals surface area contributed by atoms with Gasteiger partial charge in [-0.25, -0.2) is 0 Å². The van der Waals surface area contributed by atoms with Crippen molar-refractivity contribution in [1.82, 2.24) is 5.32 Å². The molecule has 0 bridgehead atoms. The normalized spacial score (nSPS) is 9.73. The van der Waals surface area contributed by atoms with Gasteiger partial charge in [-0.2, -0.15) is 0 Å². The molecule has 1 aromatic carbocycles. The average molecular weight is 324 g/mol. The maximum Gasteiger partial charge on any atom is 0.306 e. The number of anilines is 1. The lowest BCUT2D eigenvalue weighted by Crippen LogP contribution is -2.34. The van der Waals surface area contributed by atoms with Crippen molar-refractivity contribution in [2.45, 2.75) is 26.7 Å². The van der Waals surface area contributed by atoms with Crippen LogP contribution in [-0.4, -0.2) is 30.2 Å². The van der Waals surface area contributed by atoms with Crippen molar-refractivity contribution in [1.29, 1.82) is 0 Å². The SMILES string of the molecule is CCOC(=O)CCC(=O)NC(=S)Nc1cccc(OCC)c1. The number of ether oxygens (including phenoxy) is 2. The number of carbonyl (C=O) groups excluding carboxylic acids is 2. The molecule has 7 heteroatoms. The molecule has 120 valence electrons. The minimum atomic E-state index is -0.402. The van der Waals surface area contributed by atoms with Crippen molar-refractivity contribution < 1.29 is 19.1 Å². The predicted octanol–water partition coefficient (Wildman–Crippen LogP) is 2.24. The summed E-state index contributed by atoms with van der Waals surface area (Å²) in [5, 5.41) is 5.57. The van der Waals surface area contributed by atoms with Crippen molar-refractivity contribution in [3.8, 4) is 5.75 Å². The standard InChI is InChI=1S/C15H20N2O4S/c1-3-20-12-7-5-6-11(10-12)16-15(22)17-13(18)8-9-14(19)21-4-2/h5-7,10H,3-4,8-9H2,1-2H3,(H2,16,17,18,22). The largest absolute Gasteiger partial charge is 0.494 e. The Balaban J connectivity index is 2.40. The Hall–Kier alpha value is -2.15. The second-order valence-corrected chi connectivity index (χ2v) is 4.68. The van der Waals surface area contributed by atoms with Crippen LogP contribution in [-0.2, 0) is 14.3 Å². The monoisotopic (exact) mass is 324 g/mol. The molecule has 1 amide bonds. The van der Waals surface area contributed by atoms with Crippen molar-refractivity contribution >= 4 is 34.9 Å². The van der Waals surface area contributed by atoms with Crippen molar-refractivity contribution in [2.75, 3.05) is 18.5 Å². The Morgan fingerprint density at radius 2 is 1.95 bits per heavy atom. The van der Waals surface area contributed by atoms with Crippen molar-refractivity contribution in [3.05, 3.63) is 24.3 Å². The predicted molar refractivity (Wildman–Crippen MR) is 87.8 cm³/mol. The Kier molecular flexibility index (Phi) is 7.91. The summed E-state index contributed by atoms with van der Waals surface area (Å²) in [4.78, 5) is 22.8. The van der Waals surface area contributed by atoms with E-state index < -0.39 is 5.97 Å². The van der Waals surface area contributed by atoms with Gasteiger partial charge < -0.3 is 20.1 Å². The first-order valence-electron chi connectivity index (χ1n) is 7.04. The lowest BCUT2D eigenvalue weighted by molar-refractivity contribution is -0.144. The van der Waals surface area contributed by atoms with Crippen LogP contribution in [0.3, 0.4) is 0 Å². The van der Waals surface area contributed by atoms with E-state index in [1.807, 2.05) is 19.1 Å². The highest BCUT2D eigenvalue weighted by atomic mass is 32.1. The third-order valence-electron chi connectivity index (χ3n) is 2.52. The Morgan fingerprint density at radius 3 is 2.64 bits per heavy atom. The quantitative estimate of drug-likeness (QED) is 0.592. The van der Waals surface area contributed by atoms with Crippen LogP contribution in [0.1, 0.15) is 26.7 Å². The van der Waals surface area contributed by atoms with Crippen LogP contribution in [0.2, 0.25) is 0 Å². The maximum atomic E-state index is 11.7. The fraction of sp³-hybridized carbons (Fsp3) is 0.400. The second kappa shape index (κ2) is 9.73. The van der Waals surface area contributed by atoms with Crippen LogP contribution in [0.4, 0.5) is 5.69 Å². The number of nitrogens with one attached hydrogen (secondary N) is 2. The summed E-state index contributed by atoms with van der Waals surface area (Å²) >= 11 is 5.05.